The quantitative estimate of drug-likeness (QED) is 0.422. The van der Waals surface area contributed by atoms with Gasteiger partial charge in [0.05, 0.1) is 12.8 Å². The normalized spacial score (nSPS) is 10.5. The number of aromatic nitrogens is 4. The molecule has 2 N–H and O–H groups in total. The zero-order valence-electron chi connectivity index (χ0n) is 16.9. The third-order valence-electron chi connectivity index (χ3n) is 4.44. The summed E-state index contributed by atoms with van der Waals surface area (Å²) >= 11 is 1.39. The first-order valence-electron chi connectivity index (χ1n) is 9.42. The first-order chi connectivity index (χ1) is 15.1. The lowest BCUT2D eigenvalue weighted by atomic mass is 10.1. The maximum Gasteiger partial charge on any atom is 0.273 e. The van der Waals surface area contributed by atoms with Crippen molar-refractivity contribution in [2.24, 2.45) is 7.05 Å². The average Bonchev–Trinajstić information content (AvgIpc) is 3.21. The van der Waals surface area contributed by atoms with Gasteiger partial charge in [0, 0.05) is 35.6 Å². The SMILES string of the molecule is COc1ccc(-c2cc(C(=O)Nc3ccc(SNc4ncccn4)cc3)n(C)n2)cc1. The molecule has 0 atom stereocenters. The highest BCUT2D eigenvalue weighted by Gasteiger charge is 2.15. The molecular formula is C22H20N6O2S. The molecular weight excluding hydrogens is 412 g/mol. The molecule has 2 aromatic carbocycles. The van der Waals surface area contributed by atoms with Crippen molar-refractivity contribution in [3.8, 4) is 17.0 Å². The van der Waals surface area contributed by atoms with Crippen LogP contribution in [0.1, 0.15) is 10.5 Å². The number of carbonyl (C=O) groups is 1. The Balaban J connectivity index is 1.40. The maximum atomic E-state index is 12.7. The standard InChI is InChI=1S/C22H20N6O2S/c1-28-20(14-19(26-28)15-4-8-17(30-2)9-5-15)21(29)25-16-6-10-18(11-7-16)31-27-22-23-12-3-13-24-22/h3-14H,1-2H3,(H,25,29)(H,23,24,27). The molecule has 1 amide bonds. The molecule has 2 heterocycles. The Morgan fingerprint density at radius 2 is 1.74 bits per heavy atom. The minimum atomic E-state index is -0.231. The van der Waals surface area contributed by atoms with E-state index in [1.807, 2.05) is 48.5 Å². The first kappa shape index (κ1) is 20.4. The van der Waals surface area contributed by atoms with Crippen LogP contribution in [0.25, 0.3) is 11.3 Å². The van der Waals surface area contributed by atoms with Gasteiger partial charge in [-0.1, -0.05) is 0 Å². The molecule has 31 heavy (non-hydrogen) atoms. The number of anilines is 2. The van der Waals surface area contributed by atoms with Crippen molar-refractivity contribution in [1.82, 2.24) is 19.7 Å². The minimum Gasteiger partial charge on any atom is -0.497 e. The summed E-state index contributed by atoms with van der Waals surface area (Å²) < 4.78 is 9.82. The van der Waals surface area contributed by atoms with E-state index in [1.165, 1.54) is 11.9 Å². The number of amides is 1. The minimum absolute atomic E-state index is 0.231. The van der Waals surface area contributed by atoms with E-state index >= 15 is 0 Å². The smallest absolute Gasteiger partial charge is 0.273 e. The summed E-state index contributed by atoms with van der Waals surface area (Å²) in [6.07, 6.45) is 3.35. The second-order valence-electron chi connectivity index (χ2n) is 6.52. The lowest BCUT2D eigenvalue weighted by Gasteiger charge is -2.07. The summed E-state index contributed by atoms with van der Waals surface area (Å²) in [7, 11) is 3.37. The van der Waals surface area contributed by atoms with Gasteiger partial charge < -0.3 is 10.1 Å². The van der Waals surface area contributed by atoms with Crippen LogP contribution in [-0.2, 0) is 7.05 Å². The van der Waals surface area contributed by atoms with E-state index in [9.17, 15) is 4.79 Å². The van der Waals surface area contributed by atoms with Gasteiger partial charge >= 0.3 is 0 Å². The van der Waals surface area contributed by atoms with Crippen molar-refractivity contribution < 1.29 is 9.53 Å². The van der Waals surface area contributed by atoms with Gasteiger partial charge in [0.2, 0.25) is 5.95 Å². The van der Waals surface area contributed by atoms with Crippen LogP contribution in [-0.4, -0.2) is 32.8 Å². The van der Waals surface area contributed by atoms with Crippen molar-refractivity contribution in [2.45, 2.75) is 4.90 Å². The van der Waals surface area contributed by atoms with Crippen LogP contribution in [0.15, 0.2) is 78.0 Å². The number of methoxy groups -OCH3 is 1. The molecule has 0 aliphatic carbocycles. The third kappa shape index (κ3) is 5.01. The second kappa shape index (κ2) is 9.31. The molecule has 4 rings (SSSR count). The second-order valence-corrected chi connectivity index (χ2v) is 7.40. The summed E-state index contributed by atoms with van der Waals surface area (Å²) in [6, 6.07) is 18.6. The molecule has 4 aromatic rings. The fourth-order valence-electron chi connectivity index (χ4n) is 2.84. The molecule has 0 radical (unpaired) electrons. The third-order valence-corrected chi connectivity index (χ3v) is 5.23. The number of nitrogens with zero attached hydrogens (tertiary/aromatic N) is 4. The van der Waals surface area contributed by atoms with E-state index in [1.54, 1.807) is 43.4 Å². The number of nitrogens with one attached hydrogen (secondary N) is 2. The van der Waals surface area contributed by atoms with Gasteiger partial charge in [-0.3, -0.25) is 14.2 Å². The van der Waals surface area contributed by atoms with E-state index in [0.29, 0.717) is 17.3 Å². The van der Waals surface area contributed by atoms with Crippen LogP contribution in [0, 0.1) is 0 Å². The van der Waals surface area contributed by atoms with Crippen LogP contribution >= 0.6 is 11.9 Å². The van der Waals surface area contributed by atoms with Crippen molar-refractivity contribution >= 4 is 29.5 Å². The lowest BCUT2D eigenvalue weighted by Crippen LogP contribution is -2.15. The zero-order chi connectivity index (χ0) is 21.6. The number of aryl methyl sites for hydroxylation is 1. The van der Waals surface area contributed by atoms with Gasteiger partial charge in [0.25, 0.3) is 5.91 Å². The van der Waals surface area contributed by atoms with Gasteiger partial charge in [-0.05, 0) is 72.6 Å². The molecule has 0 fully saturated rings. The summed E-state index contributed by atoms with van der Waals surface area (Å²) in [5.74, 6) is 1.07. The van der Waals surface area contributed by atoms with Gasteiger partial charge in [-0.2, -0.15) is 5.10 Å². The fraction of sp³-hybridized carbons (Fsp3) is 0.0909. The topological polar surface area (TPSA) is 94.0 Å². The largest absolute Gasteiger partial charge is 0.497 e. The van der Waals surface area contributed by atoms with E-state index < -0.39 is 0 Å². The average molecular weight is 433 g/mol. The van der Waals surface area contributed by atoms with Crippen molar-refractivity contribution in [3.63, 3.8) is 0 Å². The highest BCUT2D eigenvalue weighted by Crippen LogP contribution is 2.24. The number of carbonyl (C=O) groups excluding carboxylic acids is 1. The molecule has 8 nitrogen and oxygen atoms in total. The van der Waals surface area contributed by atoms with Crippen LogP contribution in [0.2, 0.25) is 0 Å². The first-order valence-corrected chi connectivity index (χ1v) is 10.2. The summed E-state index contributed by atoms with van der Waals surface area (Å²) in [5, 5.41) is 7.37. The molecule has 0 aliphatic rings. The Bertz CT molecular complexity index is 1160. The van der Waals surface area contributed by atoms with Crippen molar-refractivity contribution in [2.75, 3.05) is 17.1 Å². The molecule has 9 heteroatoms. The Hall–Kier alpha value is -3.85. The number of hydrogen-bond acceptors (Lipinski definition) is 7. The molecule has 156 valence electrons. The highest BCUT2D eigenvalue weighted by atomic mass is 32.2. The molecule has 0 aliphatic heterocycles. The molecule has 0 saturated heterocycles. The van der Waals surface area contributed by atoms with Crippen LogP contribution in [0.5, 0.6) is 5.75 Å². The Morgan fingerprint density at radius 1 is 1.03 bits per heavy atom. The number of benzene rings is 2. The molecule has 2 aromatic heterocycles. The number of hydrogen-bond donors (Lipinski definition) is 2. The summed E-state index contributed by atoms with van der Waals surface area (Å²) in [4.78, 5) is 21.9. The number of ether oxygens (including phenoxy) is 1. The summed E-state index contributed by atoms with van der Waals surface area (Å²) in [6.45, 7) is 0. The molecule has 0 saturated carbocycles. The maximum absolute atomic E-state index is 12.7. The number of rotatable bonds is 7. The zero-order valence-corrected chi connectivity index (χ0v) is 17.8. The van der Waals surface area contributed by atoms with E-state index in [-0.39, 0.29) is 5.91 Å². The summed E-state index contributed by atoms with van der Waals surface area (Å²) in [5.41, 5.74) is 2.78. The molecule has 0 bridgehead atoms. The van der Waals surface area contributed by atoms with Crippen molar-refractivity contribution in [3.05, 3.63) is 78.8 Å². The Kier molecular flexibility index (Phi) is 6.13. The molecule has 0 spiro atoms. The van der Waals surface area contributed by atoms with E-state index in [0.717, 1.165) is 21.9 Å². The van der Waals surface area contributed by atoms with Gasteiger partial charge in [0.1, 0.15) is 11.4 Å². The van der Waals surface area contributed by atoms with Crippen molar-refractivity contribution in [1.29, 1.82) is 0 Å². The van der Waals surface area contributed by atoms with Gasteiger partial charge in [0.15, 0.2) is 0 Å². The van der Waals surface area contributed by atoms with Crippen LogP contribution in [0.4, 0.5) is 11.6 Å². The molecule has 0 unspecified atom stereocenters. The lowest BCUT2D eigenvalue weighted by molar-refractivity contribution is 0.101. The highest BCUT2D eigenvalue weighted by molar-refractivity contribution is 8.00. The monoisotopic (exact) mass is 432 g/mol. The van der Waals surface area contributed by atoms with Gasteiger partial charge in [-0.15, -0.1) is 0 Å². The predicted octanol–water partition coefficient (Wildman–Crippen LogP) is 4.26. The Labute approximate surface area is 183 Å². The predicted molar refractivity (Wildman–Crippen MR) is 121 cm³/mol. The fourth-order valence-corrected chi connectivity index (χ4v) is 3.43. The van der Waals surface area contributed by atoms with E-state index in [2.05, 4.69) is 25.1 Å². The van der Waals surface area contributed by atoms with Gasteiger partial charge in [-0.25, -0.2) is 9.97 Å². The van der Waals surface area contributed by atoms with E-state index in [4.69, 9.17) is 4.74 Å². The van der Waals surface area contributed by atoms with Crippen LogP contribution in [0.3, 0.4) is 0 Å². The van der Waals surface area contributed by atoms with Crippen LogP contribution < -0.4 is 14.8 Å². The Morgan fingerprint density at radius 3 is 2.42 bits per heavy atom.